The summed E-state index contributed by atoms with van der Waals surface area (Å²) in [6.45, 7) is 10.8. The van der Waals surface area contributed by atoms with E-state index in [1.165, 1.54) is 97.1 Å². The van der Waals surface area contributed by atoms with Crippen molar-refractivity contribution in [3.8, 4) is 0 Å². The zero-order valence-corrected chi connectivity index (χ0v) is 14.3. The van der Waals surface area contributed by atoms with E-state index in [-0.39, 0.29) is 0 Å². The monoisotopic (exact) mass is 298 g/mol. The number of nitrogens with zero attached hydrogens (tertiary/aromatic N) is 3. The fraction of sp³-hybridized carbons (Fsp3) is 1.00. The van der Waals surface area contributed by atoms with Crippen molar-refractivity contribution in [2.24, 2.45) is 0 Å². The Morgan fingerprint density at radius 2 is 0.700 bits per heavy atom. The van der Waals surface area contributed by atoms with Crippen molar-refractivity contribution < 1.29 is 0 Å². The van der Waals surface area contributed by atoms with Gasteiger partial charge >= 0.3 is 0 Å². The van der Waals surface area contributed by atoms with Gasteiger partial charge in [0.05, 0.1) is 6.66 Å². The molecular formula is C16H33N3P+. The number of rotatable bonds is 3. The normalized spacial score (nSPS) is 28.6. The molecule has 0 spiro atoms. The molecule has 0 amide bonds. The summed E-state index contributed by atoms with van der Waals surface area (Å²) in [5, 5.41) is 0. The van der Waals surface area contributed by atoms with Gasteiger partial charge in [0.2, 0.25) is 7.71 Å². The van der Waals surface area contributed by atoms with Crippen LogP contribution in [-0.2, 0) is 0 Å². The summed E-state index contributed by atoms with van der Waals surface area (Å²) in [7, 11) is -1.20. The van der Waals surface area contributed by atoms with Crippen LogP contribution in [0.25, 0.3) is 0 Å². The van der Waals surface area contributed by atoms with Crippen molar-refractivity contribution >= 4 is 7.71 Å². The third kappa shape index (κ3) is 3.06. The minimum Gasteiger partial charge on any atom is -0.149 e. The summed E-state index contributed by atoms with van der Waals surface area (Å²) in [5.74, 6) is 0. The summed E-state index contributed by atoms with van der Waals surface area (Å²) >= 11 is 0. The Morgan fingerprint density at radius 1 is 0.450 bits per heavy atom. The first-order chi connectivity index (χ1) is 9.82. The Morgan fingerprint density at radius 3 is 0.950 bits per heavy atom. The van der Waals surface area contributed by atoms with Crippen LogP contribution in [0.3, 0.4) is 0 Å². The average molecular weight is 298 g/mol. The zero-order chi connectivity index (χ0) is 13.8. The molecule has 3 aliphatic rings. The Kier molecular flexibility index (Phi) is 5.36. The molecule has 20 heavy (non-hydrogen) atoms. The van der Waals surface area contributed by atoms with E-state index in [2.05, 4.69) is 20.7 Å². The summed E-state index contributed by atoms with van der Waals surface area (Å²) in [5.41, 5.74) is 0. The standard InChI is InChI=1S/C16H33N3P/c1-20(17-11-5-2-6-12-17,18-13-7-3-8-14-18)19-15-9-4-10-16-19/h2-16H2,1H3/q+1. The molecule has 3 rings (SSSR count). The van der Waals surface area contributed by atoms with Crippen LogP contribution >= 0.6 is 7.71 Å². The Balaban J connectivity index is 1.79. The number of piperidine rings is 3. The molecule has 0 radical (unpaired) electrons. The minimum absolute atomic E-state index is 1.20. The molecule has 0 atom stereocenters. The molecule has 0 aromatic rings. The zero-order valence-electron chi connectivity index (χ0n) is 13.4. The fourth-order valence-corrected chi connectivity index (χ4v) is 8.50. The molecule has 0 aromatic carbocycles. The van der Waals surface area contributed by atoms with Crippen LogP contribution in [0.5, 0.6) is 0 Å². The van der Waals surface area contributed by atoms with Gasteiger partial charge in [0.1, 0.15) is 0 Å². The average Bonchev–Trinajstić information content (AvgIpc) is 2.56. The van der Waals surface area contributed by atoms with Crippen LogP contribution in [0, 0.1) is 0 Å². The first-order valence-electron chi connectivity index (χ1n) is 8.94. The van der Waals surface area contributed by atoms with Crippen molar-refractivity contribution in [1.29, 1.82) is 0 Å². The molecule has 4 heteroatoms. The van der Waals surface area contributed by atoms with E-state index >= 15 is 0 Å². The smallest absolute Gasteiger partial charge is 0.149 e. The quantitative estimate of drug-likeness (QED) is 0.733. The topological polar surface area (TPSA) is 9.72 Å². The summed E-state index contributed by atoms with van der Waals surface area (Å²) < 4.78 is 8.77. The van der Waals surface area contributed by atoms with Gasteiger partial charge in [-0.1, -0.05) is 19.3 Å². The predicted octanol–water partition coefficient (Wildman–Crippen LogP) is 3.84. The second kappa shape index (κ2) is 7.05. The van der Waals surface area contributed by atoms with Gasteiger partial charge in [0, 0.05) is 39.3 Å². The highest BCUT2D eigenvalue weighted by Gasteiger charge is 2.52. The maximum atomic E-state index is 2.92. The van der Waals surface area contributed by atoms with E-state index in [4.69, 9.17) is 0 Å². The minimum atomic E-state index is -1.20. The highest BCUT2D eigenvalue weighted by molar-refractivity contribution is 7.68. The molecule has 0 aliphatic carbocycles. The highest BCUT2D eigenvalue weighted by Crippen LogP contribution is 2.66. The number of hydrogen-bond donors (Lipinski definition) is 0. The van der Waals surface area contributed by atoms with Crippen LogP contribution in [0.1, 0.15) is 57.8 Å². The molecule has 0 bridgehead atoms. The first kappa shape index (κ1) is 15.2. The molecule has 116 valence electrons. The lowest BCUT2D eigenvalue weighted by molar-refractivity contribution is 0.243. The summed E-state index contributed by atoms with van der Waals surface area (Å²) in [6.07, 6.45) is 12.9. The molecule has 3 fully saturated rings. The largest absolute Gasteiger partial charge is 0.224 e. The third-order valence-electron chi connectivity index (χ3n) is 5.60. The van der Waals surface area contributed by atoms with Gasteiger partial charge < -0.3 is 0 Å². The van der Waals surface area contributed by atoms with Crippen LogP contribution in [0.15, 0.2) is 0 Å². The van der Waals surface area contributed by atoms with Gasteiger partial charge in [-0.3, -0.25) is 0 Å². The first-order valence-corrected chi connectivity index (χ1v) is 11.0. The van der Waals surface area contributed by atoms with Gasteiger partial charge in [-0.2, -0.15) is 0 Å². The molecule has 3 saturated heterocycles. The lowest BCUT2D eigenvalue weighted by atomic mass is 10.2. The molecule has 0 N–H and O–H groups in total. The third-order valence-corrected chi connectivity index (χ3v) is 10.0. The molecular weight excluding hydrogens is 265 g/mol. The molecule has 3 nitrogen and oxygen atoms in total. The van der Waals surface area contributed by atoms with Crippen molar-refractivity contribution in [1.82, 2.24) is 14.0 Å². The predicted molar refractivity (Wildman–Crippen MR) is 89.1 cm³/mol. The van der Waals surface area contributed by atoms with E-state index in [1.54, 1.807) is 0 Å². The lowest BCUT2D eigenvalue weighted by Crippen LogP contribution is -2.49. The van der Waals surface area contributed by atoms with Crippen molar-refractivity contribution in [2.45, 2.75) is 57.8 Å². The molecule has 3 aliphatic heterocycles. The Bertz CT molecular complexity index is 247. The molecule has 0 unspecified atom stereocenters. The molecule has 0 saturated carbocycles. The van der Waals surface area contributed by atoms with Crippen LogP contribution in [-0.4, -0.2) is 59.9 Å². The van der Waals surface area contributed by atoms with Crippen LogP contribution < -0.4 is 0 Å². The van der Waals surface area contributed by atoms with E-state index in [0.717, 1.165) is 0 Å². The van der Waals surface area contributed by atoms with Crippen molar-refractivity contribution in [2.75, 3.05) is 45.9 Å². The van der Waals surface area contributed by atoms with E-state index in [9.17, 15) is 0 Å². The van der Waals surface area contributed by atoms with Crippen LogP contribution in [0.4, 0.5) is 0 Å². The summed E-state index contributed by atoms with van der Waals surface area (Å²) in [6, 6.07) is 0. The van der Waals surface area contributed by atoms with Gasteiger partial charge in [0.25, 0.3) is 0 Å². The lowest BCUT2D eigenvalue weighted by Gasteiger charge is -2.49. The SMILES string of the molecule is C[P+](N1CCCCC1)(N1CCCCC1)N1CCCCC1. The van der Waals surface area contributed by atoms with Gasteiger partial charge in [-0.15, -0.1) is 14.0 Å². The van der Waals surface area contributed by atoms with Crippen molar-refractivity contribution in [3.63, 3.8) is 0 Å². The van der Waals surface area contributed by atoms with Gasteiger partial charge in [-0.05, 0) is 38.5 Å². The molecule has 0 aromatic heterocycles. The number of hydrogen-bond acceptors (Lipinski definition) is 3. The second-order valence-electron chi connectivity index (χ2n) is 6.91. The Hall–Kier alpha value is 0.310. The Labute approximate surface area is 126 Å². The maximum absolute atomic E-state index is 2.92. The van der Waals surface area contributed by atoms with E-state index in [0.29, 0.717) is 0 Å². The highest BCUT2D eigenvalue weighted by atomic mass is 31.2. The van der Waals surface area contributed by atoms with Gasteiger partial charge in [0.15, 0.2) is 0 Å². The summed E-state index contributed by atoms with van der Waals surface area (Å²) in [4.78, 5) is 0. The fourth-order valence-electron chi connectivity index (χ4n) is 4.30. The van der Waals surface area contributed by atoms with E-state index in [1.807, 2.05) is 0 Å². The maximum Gasteiger partial charge on any atom is 0.224 e. The van der Waals surface area contributed by atoms with Crippen LogP contribution in [0.2, 0.25) is 0 Å². The molecule has 3 heterocycles. The second-order valence-corrected chi connectivity index (χ2v) is 10.3. The van der Waals surface area contributed by atoms with Crippen molar-refractivity contribution in [3.05, 3.63) is 0 Å². The van der Waals surface area contributed by atoms with E-state index < -0.39 is 7.71 Å². The van der Waals surface area contributed by atoms with Gasteiger partial charge in [-0.25, -0.2) is 0 Å².